The van der Waals surface area contributed by atoms with Gasteiger partial charge in [-0.25, -0.2) is 0 Å². The fourth-order valence-electron chi connectivity index (χ4n) is 5.36. The monoisotopic (exact) mass is 591 g/mol. The van der Waals surface area contributed by atoms with Crippen molar-refractivity contribution in [3.8, 4) is 0 Å². The summed E-state index contributed by atoms with van der Waals surface area (Å²) in [5.74, 6) is 0.628. The minimum Gasteiger partial charge on any atom is -0.193 e. The maximum Gasteiger partial charge on any atom is 0.408 e. The summed E-state index contributed by atoms with van der Waals surface area (Å²) < 4.78 is 11.7. The molecule has 0 aliphatic heterocycles. The third kappa shape index (κ3) is 31.4. The van der Waals surface area contributed by atoms with Crippen LogP contribution in [0.4, 0.5) is 0 Å². The van der Waals surface area contributed by atoms with Crippen LogP contribution in [0.15, 0.2) is 0 Å². The first-order valence-electron chi connectivity index (χ1n) is 17.7. The Labute approximate surface area is 252 Å². The second kappa shape index (κ2) is 33.2. The van der Waals surface area contributed by atoms with Gasteiger partial charge in [0.1, 0.15) is 12.8 Å². The van der Waals surface area contributed by atoms with E-state index in [4.69, 9.17) is 9.05 Å². The van der Waals surface area contributed by atoms with E-state index in [0.717, 1.165) is 12.8 Å². The first kappa shape index (κ1) is 39.7. The molecule has 0 radical (unpaired) electrons. The number of hydrogen-bond acceptors (Lipinski definition) is 4. The van der Waals surface area contributed by atoms with Crippen LogP contribution in [0.3, 0.4) is 0 Å². The second-order valence-electron chi connectivity index (χ2n) is 11.9. The lowest BCUT2D eigenvalue weighted by molar-refractivity contribution is 0.179. The van der Waals surface area contributed by atoms with Crippen molar-refractivity contribution in [2.24, 2.45) is 0 Å². The highest BCUT2D eigenvalue weighted by Crippen LogP contribution is 2.57. The molecule has 0 saturated heterocycles. The highest BCUT2D eigenvalue weighted by molar-refractivity contribution is 7.80. The molecule has 0 aromatic carbocycles. The molecule has 0 amide bonds. The first-order valence-corrected chi connectivity index (χ1v) is 20.1. The first-order chi connectivity index (χ1) is 19.2. The van der Waals surface area contributed by atoms with Crippen LogP contribution in [0.5, 0.6) is 0 Å². The lowest BCUT2D eigenvalue weighted by Gasteiger charge is -2.17. The molecule has 0 aliphatic carbocycles. The molecule has 1 N–H and O–H groups in total. The summed E-state index contributed by atoms with van der Waals surface area (Å²) >= 11 is 4.26. The Morgan fingerprint density at radius 2 is 0.692 bits per heavy atom. The molecule has 0 fully saturated rings. The van der Waals surface area contributed by atoms with Gasteiger partial charge in [0, 0.05) is 5.75 Å². The fourth-order valence-corrected chi connectivity index (χ4v) is 7.34. The SMILES string of the molecule is CCCCCCCCCCCCCCCCO[P+](O)(CCCCCCCCCCCCCCCC)OCCS. The summed E-state index contributed by atoms with van der Waals surface area (Å²) in [4.78, 5) is 11.0. The molecule has 236 valence electrons. The van der Waals surface area contributed by atoms with Crippen molar-refractivity contribution < 1.29 is 13.9 Å². The number of thiol groups is 1. The van der Waals surface area contributed by atoms with E-state index in [9.17, 15) is 4.89 Å². The summed E-state index contributed by atoms with van der Waals surface area (Å²) in [7, 11) is -2.71. The van der Waals surface area contributed by atoms with Gasteiger partial charge in [-0.2, -0.15) is 26.6 Å². The van der Waals surface area contributed by atoms with E-state index in [-0.39, 0.29) is 0 Å². The molecular weight excluding hydrogens is 519 g/mol. The quantitative estimate of drug-likeness (QED) is 0.0444. The average molecular weight is 592 g/mol. The summed E-state index contributed by atoms with van der Waals surface area (Å²) in [6.07, 6.45) is 38.5. The van der Waals surface area contributed by atoms with Crippen LogP contribution in [0.25, 0.3) is 0 Å². The van der Waals surface area contributed by atoms with Crippen LogP contribution in [-0.2, 0) is 9.05 Å². The lowest BCUT2D eigenvalue weighted by Crippen LogP contribution is -2.10. The highest BCUT2D eigenvalue weighted by atomic mass is 32.1. The van der Waals surface area contributed by atoms with Gasteiger partial charge in [0.2, 0.25) is 0 Å². The topological polar surface area (TPSA) is 38.7 Å². The molecular formula is C34H72O3PS+. The van der Waals surface area contributed by atoms with Crippen molar-refractivity contribution in [1.82, 2.24) is 0 Å². The van der Waals surface area contributed by atoms with Crippen molar-refractivity contribution in [3.63, 3.8) is 0 Å². The van der Waals surface area contributed by atoms with Crippen LogP contribution < -0.4 is 0 Å². The van der Waals surface area contributed by atoms with Gasteiger partial charge in [-0.3, -0.25) is 0 Å². The fraction of sp³-hybridized carbons (Fsp3) is 1.00. The normalized spacial score (nSPS) is 13.2. The predicted octanol–water partition coefficient (Wildman–Crippen LogP) is 12.7. The molecule has 0 bridgehead atoms. The third-order valence-electron chi connectivity index (χ3n) is 7.97. The van der Waals surface area contributed by atoms with Gasteiger partial charge in [-0.1, -0.05) is 174 Å². The number of rotatable bonds is 34. The second-order valence-corrected chi connectivity index (χ2v) is 14.6. The van der Waals surface area contributed by atoms with Crippen LogP contribution in [0.2, 0.25) is 0 Å². The van der Waals surface area contributed by atoms with Crippen LogP contribution in [0.1, 0.15) is 194 Å². The van der Waals surface area contributed by atoms with Gasteiger partial charge in [-0.15, -0.1) is 0 Å². The summed E-state index contributed by atoms with van der Waals surface area (Å²) in [6.45, 7) is 5.68. The molecule has 1 unspecified atom stereocenters. The molecule has 3 nitrogen and oxygen atoms in total. The zero-order valence-corrected chi connectivity index (χ0v) is 28.6. The van der Waals surface area contributed by atoms with E-state index in [1.807, 2.05) is 0 Å². The predicted molar refractivity (Wildman–Crippen MR) is 180 cm³/mol. The van der Waals surface area contributed by atoms with E-state index in [1.165, 1.54) is 167 Å². The largest absolute Gasteiger partial charge is 0.408 e. The van der Waals surface area contributed by atoms with Crippen molar-refractivity contribution >= 4 is 20.6 Å². The van der Waals surface area contributed by atoms with Gasteiger partial charge in [-0.05, 0) is 19.3 Å². The number of hydrogen-bond donors (Lipinski definition) is 2. The zero-order valence-electron chi connectivity index (χ0n) is 26.8. The van der Waals surface area contributed by atoms with Gasteiger partial charge in [0.05, 0.1) is 6.61 Å². The molecule has 0 spiro atoms. The Balaban J connectivity index is 3.61. The van der Waals surface area contributed by atoms with E-state index < -0.39 is 7.94 Å². The maximum absolute atomic E-state index is 11.0. The standard InChI is InChI=1S/C34H71O3PS/c1-3-5-7-9-11-13-15-17-19-21-23-25-27-29-31-36-38(35,37-32-34-39)33-30-28-26-24-22-20-18-16-14-12-10-8-6-4-2/h35H,3-34H2,1-2H3/p+1. The van der Waals surface area contributed by atoms with Crippen LogP contribution in [0, 0.1) is 0 Å². The molecule has 1 atom stereocenters. The average Bonchev–Trinajstić information content (AvgIpc) is 2.94. The molecule has 0 heterocycles. The van der Waals surface area contributed by atoms with Crippen molar-refractivity contribution in [1.29, 1.82) is 0 Å². The Morgan fingerprint density at radius 1 is 0.410 bits per heavy atom. The third-order valence-corrected chi connectivity index (χ3v) is 10.2. The smallest absolute Gasteiger partial charge is 0.193 e. The summed E-state index contributed by atoms with van der Waals surface area (Å²) in [6, 6.07) is 0. The Morgan fingerprint density at radius 3 is 1.03 bits per heavy atom. The van der Waals surface area contributed by atoms with Crippen molar-refractivity contribution in [2.75, 3.05) is 25.1 Å². The minimum absolute atomic E-state index is 0.477. The number of unbranched alkanes of at least 4 members (excludes halogenated alkanes) is 26. The van der Waals surface area contributed by atoms with Gasteiger partial charge < -0.3 is 0 Å². The minimum atomic E-state index is -2.71. The van der Waals surface area contributed by atoms with E-state index in [1.54, 1.807) is 0 Å². The van der Waals surface area contributed by atoms with Gasteiger partial charge >= 0.3 is 7.94 Å². The molecule has 0 rings (SSSR count). The Kier molecular flexibility index (Phi) is 33.7. The van der Waals surface area contributed by atoms with E-state index in [0.29, 0.717) is 25.1 Å². The highest BCUT2D eigenvalue weighted by Gasteiger charge is 2.39. The van der Waals surface area contributed by atoms with Gasteiger partial charge in [0.15, 0.2) is 0 Å². The Hall–Kier alpha value is 0.660. The lowest BCUT2D eigenvalue weighted by atomic mass is 10.0. The van der Waals surface area contributed by atoms with Crippen LogP contribution in [-0.4, -0.2) is 30.0 Å². The summed E-state index contributed by atoms with van der Waals surface area (Å²) in [5, 5.41) is 0. The molecule has 5 heteroatoms. The molecule has 0 aliphatic rings. The summed E-state index contributed by atoms with van der Waals surface area (Å²) in [5.41, 5.74) is 0. The van der Waals surface area contributed by atoms with E-state index in [2.05, 4.69) is 26.5 Å². The zero-order chi connectivity index (χ0) is 28.5. The molecule has 39 heavy (non-hydrogen) atoms. The van der Waals surface area contributed by atoms with Crippen LogP contribution >= 0.6 is 20.6 Å². The van der Waals surface area contributed by atoms with E-state index >= 15 is 0 Å². The molecule has 0 aromatic rings. The van der Waals surface area contributed by atoms with Crippen molar-refractivity contribution in [2.45, 2.75) is 194 Å². The molecule has 0 saturated carbocycles. The van der Waals surface area contributed by atoms with Gasteiger partial charge in [0.25, 0.3) is 0 Å². The maximum atomic E-state index is 11.0. The van der Waals surface area contributed by atoms with Crippen molar-refractivity contribution in [3.05, 3.63) is 0 Å². The Bertz CT molecular complexity index is 454. The molecule has 0 aromatic heterocycles.